The Kier molecular flexibility index (Phi) is 3.49. The largest absolute Gasteiger partial charge is 0.344 e. The van der Waals surface area contributed by atoms with Crippen LogP contribution in [0.2, 0.25) is 0 Å². The summed E-state index contributed by atoms with van der Waals surface area (Å²) in [5.41, 5.74) is 0.827. The van der Waals surface area contributed by atoms with Crippen LogP contribution in [0.25, 0.3) is 10.8 Å². The molecule has 0 radical (unpaired) electrons. The fraction of sp³-hybridized carbons (Fsp3) is 0.143. The van der Waals surface area contributed by atoms with E-state index >= 15 is 0 Å². The summed E-state index contributed by atoms with van der Waals surface area (Å²) < 4.78 is 0. The van der Waals surface area contributed by atoms with E-state index in [0.717, 1.165) is 10.7 Å². The van der Waals surface area contributed by atoms with Crippen LogP contribution in [0.4, 0.5) is 0 Å². The zero-order chi connectivity index (χ0) is 14.8. The highest BCUT2D eigenvalue weighted by atomic mass is 32.1. The first-order valence-corrected chi connectivity index (χ1v) is 7.20. The smallest absolute Gasteiger partial charge is 0.272 e. The van der Waals surface area contributed by atoms with E-state index in [1.807, 2.05) is 12.3 Å². The lowest BCUT2D eigenvalue weighted by atomic mass is 10.1. The SMILES string of the molecule is Cc1csc(CNC(=O)c2n[nH]c(=O)c3ccccc23)n1. The molecule has 0 fully saturated rings. The van der Waals surface area contributed by atoms with Gasteiger partial charge in [0.2, 0.25) is 0 Å². The Morgan fingerprint density at radius 3 is 2.81 bits per heavy atom. The fourth-order valence-electron chi connectivity index (χ4n) is 2.01. The third-order valence-electron chi connectivity index (χ3n) is 2.98. The number of amides is 1. The van der Waals surface area contributed by atoms with Gasteiger partial charge < -0.3 is 5.32 Å². The topological polar surface area (TPSA) is 87.7 Å². The highest BCUT2D eigenvalue weighted by molar-refractivity contribution is 7.09. The second kappa shape index (κ2) is 5.45. The molecule has 106 valence electrons. The number of nitrogens with one attached hydrogen (secondary N) is 2. The molecule has 2 heterocycles. The number of fused-ring (bicyclic) bond motifs is 1. The number of thiazole rings is 1. The van der Waals surface area contributed by atoms with Crippen LogP contribution in [0.1, 0.15) is 21.2 Å². The molecule has 3 rings (SSSR count). The van der Waals surface area contributed by atoms with E-state index in [1.165, 1.54) is 11.3 Å². The maximum absolute atomic E-state index is 12.2. The summed E-state index contributed by atoms with van der Waals surface area (Å²) in [4.78, 5) is 28.2. The number of aryl methyl sites for hydroxylation is 1. The first-order chi connectivity index (χ1) is 10.1. The van der Waals surface area contributed by atoms with E-state index in [2.05, 4.69) is 20.5 Å². The van der Waals surface area contributed by atoms with Crippen molar-refractivity contribution in [2.24, 2.45) is 0 Å². The zero-order valence-corrected chi connectivity index (χ0v) is 12.0. The Hall–Kier alpha value is -2.54. The molecule has 0 saturated carbocycles. The number of H-pyrrole nitrogens is 1. The van der Waals surface area contributed by atoms with Crippen LogP contribution in [0.3, 0.4) is 0 Å². The minimum Gasteiger partial charge on any atom is -0.344 e. The molecule has 0 saturated heterocycles. The first-order valence-electron chi connectivity index (χ1n) is 6.32. The van der Waals surface area contributed by atoms with Crippen LogP contribution in [0, 0.1) is 6.92 Å². The van der Waals surface area contributed by atoms with E-state index in [9.17, 15) is 9.59 Å². The Bertz CT molecular complexity index is 869. The molecule has 1 aromatic carbocycles. The molecule has 0 aliphatic carbocycles. The third-order valence-corrected chi connectivity index (χ3v) is 3.94. The highest BCUT2D eigenvalue weighted by Crippen LogP contribution is 2.13. The van der Waals surface area contributed by atoms with Crippen molar-refractivity contribution in [2.45, 2.75) is 13.5 Å². The van der Waals surface area contributed by atoms with Crippen LogP contribution in [0.15, 0.2) is 34.4 Å². The second-order valence-corrected chi connectivity index (χ2v) is 5.45. The first kappa shape index (κ1) is 13.4. The zero-order valence-electron chi connectivity index (χ0n) is 11.2. The number of rotatable bonds is 3. The number of aromatic nitrogens is 3. The summed E-state index contributed by atoms with van der Waals surface area (Å²) in [6.07, 6.45) is 0. The van der Waals surface area contributed by atoms with Crippen molar-refractivity contribution in [2.75, 3.05) is 0 Å². The van der Waals surface area contributed by atoms with Crippen molar-refractivity contribution in [3.8, 4) is 0 Å². The second-order valence-electron chi connectivity index (χ2n) is 4.51. The molecule has 0 unspecified atom stereocenters. The average molecular weight is 300 g/mol. The van der Waals surface area contributed by atoms with E-state index in [1.54, 1.807) is 24.3 Å². The maximum atomic E-state index is 12.2. The van der Waals surface area contributed by atoms with Gasteiger partial charge in [-0.05, 0) is 13.0 Å². The number of benzene rings is 1. The number of carbonyl (C=O) groups is 1. The van der Waals surface area contributed by atoms with Gasteiger partial charge in [-0.3, -0.25) is 9.59 Å². The van der Waals surface area contributed by atoms with Crippen molar-refractivity contribution in [3.05, 3.63) is 56.4 Å². The molecular weight excluding hydrogens is 288 g/mol. The number of aromatic amines is 1. The summed E-state index contributed by atoms with van der Waals surface area (Å²) in [6, 6.07) is 6.89. The lowest BCUT2D eigenvalue weighted by Gasteiger charge is -2.05. The number of nitrogens with zero attached hydrogens (tertiary/aromatic N) is 2. The van der Waals surface area contributed by atoms with Gasteiger partial charge in [-0.25, -0.2) is 10.1 Å². The number of hydrogen-bond acceptors (Lipinski definition) is 5. The predicted octanol–water partition coefficient (Wildman–Crippen LogP) is 1.62. The number of hydrogen-bond donors (Lipinski definition) is 2. The molecular formula is C14H12N4O2S. The minimum absolute atomic E-state index is 0.207. The van der Waals surface area contributed by atoms with Gasteiger partial charge in [0.25, 0.3) is 11.5 Å². The van der Waals surface area contributed by atoms with Crippen molar-refractivity contribution < 1.29 is 4.79 Å². The number of carbonyl (C=O) groups excluding carboxylic acids is 1. The summed E-state index contributed by atoms with van der Waals surface area (Å²) in [6.45, 7) is 2.24. The molecule has 0 bridgehead atoms. The molecule has 0 aliphatic rings. The Labute approximate surface area is 123 Å². The van der Waals surface area contributed by atoms with Crippen LogP contribution in [0.5, 0.6) is 0 Å². The van der Waals surface area contributed by atoms with Gasteiger partial charge in [-0.15, -0.1) is 11.3 Å². The van der Waals surface area contributed by atoms with Crippen LogP contribution < -0.4 is 10.9 Å². The Morgan fingerprint density at radius 2 is 2.10 bits per heavy atom. The molecule has 6 nitrogen and oxygen atoms in total. The Morgan fingerprint density at radius 1 is 1.33 bits per heavy atom. The van der Waals surface area contributed by atoms with Gasteiger partial charge in [0, 0.05) is 16.5 Å². The molecule has 0 spiro atoms. The van der Waals surface area contributed by atoms with Crippen LogP contribution in [-0.2, 0) is 6.54 Å². The Balaban J connectivity index is 1.88. The molecule has 2 N–H and O–H groups in total. The third kappa shape index (κ3) is 2.68. The molecule has 0 atom stereocenters. The fourth-order valence-corrected chi connectivity index (χ4v) is 2.72. The molecule has 21 heavy (non-hydrogen) atoms. The molecule has 1 amide bonds. The summed E-state index contributed by atoms with van der Waals surface area (Å²) >= 11 is 1.49. The maximum Gasteiger partial charge on any atom is 0.272 e. The normalized spacial score (nSPS) is 10.7. The minimum atomic E-state index is -0.338. The molecule has 7 heteroatoms. The summed E-state index contributed by atoms with van der Waals surface area (Å²) in [5, 5.41) is 12.7. The highest BCUT2D eigenvalue weighted by Gasteiger charge is 2.14. The van der Waals surface area contributed by atoms with Gasteiger partial charge in [-0.2, -0.15) is 5.10 Å². The van der Waals surface area contributed by atoms with Gasteiger partial charge in [0.05, 0.1) is 11.9 Å². The summed E-state index contributed by atoms with van der Waals surface area (Å²) in [5.74, 6) is -0.338. The van der Waals surface area contributed by atoms with Gasteiger partial charge in [0.15, 0.2) is 5.69 Å². The van der Waals surface area contributed by atoms with Crippen molar-refractivity contribution in [1.82, 2.24) is 20.5 Å². The quantitative estimate of drug-likeness (QED) is 0.769. The van der Waals surface area contributed by atoms with Gasteiger partial charge in [0.1, 0.15) is 5.01 Å². The summed E-state index contributed by atoms with van der Waals surface area (Å²) in [7, 11) is 0. The van der Waals surface area contributed by atoms with Crippen molar-refractivity contribution in [3.63, 3.8) is 0 Å². The molecule has 0 aliphatic heterocycles. The van der Waals surface area contributed by atoms with E-state index in [4.69, 9.17) is 0 Å². The molecule has 2 aromatic heterocycles. The lowest BCUT2D eigenvalue weighted by Crippen LogP contribution is -2.26. The van der Waals surface area contributed by atoms with Gasteiger partial charge in [-0.1, -0.05) is 18.2 Å². The average Bonchev–Trinajstić information content (AvgIpc) is 2.91. The van der Waals surface area contributed by atoms with Crippen molar-refractivity contribution in [1.29, 1.82) is 0 Å². The lowest BCUT2D eigenvalue weighted by molar-refractivity contribution is 0.0946. The molecule has 3 aromatic rings. The monoisotopic (exact) mass is 300 g/mol. The van der Waals surface area contributed by atoms with Crippen LogP contribution >= 0.6 is 11.3 Å². The standard InChI is InChI=1S/C14H12N4O2S/c1-8-7-21-11(16-8)6-15-14(20)12-9-4-2-3-5-10(9)13(19)18-17-12/h2-5,7H,6H2,1H3,(H,15,20)(H,18,19). The van der Waals surface area contributed by atoms with Crippen molar-refractivity contribution >= 4 is 28.0 Å². The van der Waals surface area contributed by atoms with Crippen LogP contribution in [-0.4, -0.2) is 21.1 Å². The van der Waals surface area contributed by atoms with E-state index in [-0.39, 0.29) is 17.2 Å². The predicted molar refractivity (Wildman–Crippen MR) is 80.4 cm³/mol. The van der Waals surface area contributed by atoms with Gasteiger partial charge >= 0.3 is 0 Å². The van der Waals surface area contributed by atoms with E-state index in [0.29, 0.717) is 17.3 Å². The van der Waals surface area contributed by atoms with E-state index < -0.39 is 0 Å².